The van der Waals surface area contributed by atoms with Crippen LogP contribution in [0.5, 0.6) is 0 Å². The van der Waals surface area contributed by atoms with Gasteiger partial charge in [0.05, 0.1) is 12.0 Å². The molecule has 0 spiro atoms. The van der Waals surface area contributed by atoms with E-state index >= 15 is 0 Å². The number of rotatable bonds is 3. The second-order valence-electron chi connectivity index (χ2n) is 4.96. The number of aliphatic hydroxyl groups is 1. The van der Waals surface area contributed by atoms with Crippen LogP contribution in [-0.2, 0) is 4.79 Å². The van der Waals surface area contributed by atoms with Crippen molar-refractivity contribution in [1.82, 2.24) is 0 Å². The number of hydrogen-bond acceptors (Lipinski definition) is 2. The number of ketones is 1. The van der Waals surface area contributed by atoms with Crippen LogP contribution in [0.1, 0.15) is 25.3 Å². The molecule has 0 heterocycles. The topological polar surface area (TPSA) is 37.3 Å². The average molecular weight is 230 g/mol. The number of carbonyl (C=O) groups is 1. The Labute approximate surface area is 102 Å². The molecule has 1 aromatic carbocycles. The highest BCUT2D eigenvalue weighted by Gasteiger charge is 2.37. The smallest absolute Gasteiger partial charge is 0.161 e. The van der Waals surface area contributed by atoms with Crippen molar-refractivity contribution < 1.29 is 9.90 Å². The fraction of sp³-hybridized carbons (Fsp3) is 0.400. The molecule has 0 radical (unpaired) electrons. The largest absolute Gasteiger partial charge is 0.392 e. The van der Waals surface area contributed by atoms with Gasteiger partial charge in [-0.2, -0.15) is 0 Å². The zero-order chi connectivity index (χ0) is 12.4. The lowest BCUT2D eigenvalue weighted by Crippen LogP contribution is -2.32. The molecular weight excluding hydrogens is 212 g/mol. The number of allylic oxidation sites excluding steroid dienone is 2. The van der Waals surface area contributed by atoms with Crippen molar-refractivity contribution in [3.8, 4) is 0 Å². The van der Waals surface area contributed by atoms with Crippen molar-refractivity contribution in [2.75, 3.05) is 0 Å². The first-order chi connectivity index (χ1) is 8.11. The minimum atomic E-state index is -0.581. The van der Waals surface area contributed by atoms with E-state index in [9.17, 15) is 9.90 Å². The summed E-state index contributed by atoms with van der Waals surface area (Å²) in [5.74, 6) is -0.173. The van der Waals surface area contributed by atoms with E-state index in [4.69, 9.17) is 0 Å². The van der Waals surface area contributed by atoms with Crippen LogP contribution < -0.4 is 0 Å². The van der Waals surface area contributed by atoms with Gasteiger partial charge in [0.25, 0.3) is 0 Å². The number of benzene rings is 1. The summed E-state index contributed by atoms with van der Waals surface area (Å²) in [6.07, 6.45) is 2.93. The van der Waals surface area contributed by atoms with E-state index in [0.29, 0.717) is 0 Å². The summed E-state index contributed by atoms with van der Waals surface area (Å²) in [5, 5.41) is 10.2. The molecule has 2 heteroatoms. The Morgan fingerprint density at radius 2 is 1.82 bits per heavy atom. The highest BCUT2D eigenvalue weighted by atomic mass is 16.3. The molecule has 17 heavy (non-hydrogen) atoms. The van der Waals surface area contributed by atoms with Crippen LogP contribution in [0.25, 0.3) is 0 Å². The lowest BCUT2D eigenvalue weighted by atomic mass is 9.80. The molecular formula is C15H18O2. The van der Waals surface area contributed by atoms with E-state index < -0.39 is 6.10 Å². The summed E-state index contributed by atoms with van der Waals surface area (Å²) in [5.41, 5.74) is 1.10. The van der Waals surface area contributed by atoms with Crippen LogP contribution in [0.3, 0.4) is 0 Å². The summed E-state index contributed by atoms with van der Waals surface area (Å²) in [6.45, 7) is 3.89. The molecule has 0 bridgehead atoms. The first-order valence-electron chi connectivity index (χ1n) is 6.06. The molecule has 0 aromatic heterocycles. The van der Waals surface area contributed by atoms with Crippen molar-refractivity contribution in [3.05, 3.63) is 48.0 Å². The van der Waals surface area contributed by atoms with Crippen molar-refractivity contribution in [2.24, 2.45) is 11.8 Å². The third-order valence-electron chi connectivity index (χ3n) is 3.42. The van der Waals surface area contributed by atoms with E-state index in [0.717, 1.165) is 5.56 Å². The molecule has 0 aliphatic heterocycles. The van der Waals surface area contributed by atoms with Crippen LogP contribution in [-0.4, -0.2) is 17.0 Å². The molecule has 1 aliphatic rings. The van der Waals surface area contributed by atoms with Gasteiger partial charge in [0.2, 0.25) is 0 Å². The Bertz CT molecular complexity index is 420. The van der Waals surface area contributed by atoms with Crippen LogP contribution in [0.4, 0.5) is 0 Å². The first kappa shape index (κ1) is 12.1. The van der Waals surface area contributed by atoms with Crippen molar-refractivity contribution in [3.63, 3.8) is 0 Å². The molecule has 1 aliphatic carbocycles. The molecule has 1 aromatic rings. The number of carbonyl (C=O) groups excluding carboxylic acids is 1. The highest BCUT2D eigenvalue weighted by Crippen LogP contribution is 2.36. The molecule has 0 saturated heterocycles. The zero-order valence-electron chi connectivity index (χ0n) is 10.2. The summed E-state index contributed by atoms with van der Waals surface area (Å²) in [7, 11) is 0. The summed E-state index contributed by atoms with van der Waals surface area (Å²) in [4.78, 5) is 11.9. The van der Waals surface area contributed by atoms with Crippen LogP contribution in [0, 0.1) is 11.8 Å². The van der Waals surface area contributed by atoms with Gasteiger partial charge in [-0.15, -0.1) is 0 Å². The summed E-state index contributed by atoms with van der Waals surface area (Å²) >= 11 is 0. The van der Waals surface area contributed by atoms with Crippen molar-refractivity contribution >= 4 is 5.78 Å². The van der Waals surface area contributed by atoms with E-state index in [2.05, 4.69) is 0 Å². The van der Waals surface area contributed by atoms with Gasteiger partial charge in [0.1, 0.15) is 0 Å². The van der Waals surface area contributed by atoms with Gasteiger partial charge < -0.3 is 5.11 Å². The Hall–Kier alpha value is -1.41. The lowest BCUT2D eigenvalue weighted by molar-refractivity contribution is -0.122. The minimum absolute atomic E-state index is 0.0149. The first-order valence-corrected chi connectivity index (χ1v) is 6.06. The standard InChI is InChI=1S/C15H18O2/c1-10(2)15(17)14-12(8-9-13(14)16)11-6-4-3-5-7-11/h3-10,12,14-15,17H,1-2H3/t12-,14-,15+/m1/s1. The lowest BCUT2D eigenvalue weighted by Gasteiger charge is -2.26. The third-order valence-corrected chi connectivity index (χ3v) is 3.42. The molecule has 2 nitrogen and oxygen atoms in total. The predicted octanol–water partition coefficient (Wildman–Crippen LogP) is 2.54. The number of aliphatic hydroxyl groups excluding tert-OH is 1. The maximum Gasteiger partial charge on any atom is 0.161 e. The van der Waals surface area contributed by atoms with Crippen LogP contribution in [0.2, 0.25) is 0 Å². The fourth-order valence-electron chi connectivity index (χ4n) is 2.40. The third kappa shape index (κ3) is 2.32. The molecule has 1 N–H and O–H groups in total. The normalized spacial score (nSPS) is 25.5. The Morgan fingerprint density at radius 1 is 1.18 bits per heavy atom. The van der Waals surface area contributed by atoms with Gasteiger partial charge in [0, 0.05) is 5.92 Å². The average Bonchev–Trinajstić information content (AvgIpc) is 2.71. The quantitative estimate of drug-likeness (QED) is 0.866. The molecule has 0 saturated carbocycles. The second-order valence-corrected chi connectivity index (χ2v) is 4.96. The highest BCUT2D eigenvalue weighted by molar-refractivity contribution is 5.96. The Kier molecular flexibility index (Phi) is 3.43. The zero-order valence-corrected chi connectivity index (χ0v) is 10.2. The van der Waals surface area contributed by atoms with Crippen molar-refractivity contribution in [1.29, 1.82) is 0 Å². The maximum atomic E-state index is 11.9. The van der Waals surface area contributed by atoms with Gasteiger partial charge >= 0.3 is 0 Å². The SMILES string of the molecule is CC(C)[C@H](O)[C@H]1C(=O)C=C[C@@H]1c1ccccc1. The van der Waals surface area contributed by atoms with Gasteiger partial charge in [-0.1, -0.05) is 50.3 Å². The predicted molar refractivity (Wildman–Crippen MR) is 67.7 cm³/mol. The Balaban J connectivity index is 2.28. The molecule has 0 unspecified atom stereocenters. The monoisotopic (exact) mass is 230 g/mol. The van der Waals surface area contributed by atoms with E-state index in [1.54, 1.807) is 6.08 Å². The number of hydrogen-bond donors (Lipinski definition) is 1. The van der Waals surface area contributed by atoms with Gasteiger partial charge in [-0.25, -0.2) is 0 Å². The van der Waals surface area contributed by atoms with Crippen molar-refractivity contribution in [2.45, 2.75) is 25.9 Å². The second kappa shape index (κ2) is 4.84. The maximum absolute atomic E-state index is 11.9. The summed E-state index contributed by atoms with van der Waals surface area (Å²) in [6, 6.07) is 9.90. The Morgan fingerprint density at radius 3 is 2.41 bits per heavy atom. The molecule has 90 valence electrons. The van der Waals surface area contributed by atoms with E-state index in [1.807, 2.05) is 50.3 Å². The van der Waals surface area contributed by atoms with Crippen LogP contribution in [0.15, 0.2) is 42.5 Å². The summed E-state index contributed by atoms with van der Waals surface area (Å²) < 4.78 is 0. The fourth-order valence-corrected chi connectivity index (χ4v) is 2.40. The molecule has 0 amide bonds. The van der Waals surface area contributed by atoms with Gasteiger partial charge in [0.15, 0.2) is 5.78 Å². The molecule has 0 fully saturated rings. The van der Waals surface area contributed by atoms with E-state index in [1.165, 1.54) is 0 Å². The van der Waals surface area contributed by atoms with Gasteiger partial charge in [-0.05, 0) is 17.6 Å². The molecule has 3 atom stereocenters. The van der Waals surface area contributed by atoms with Crippen LogP contribution >= 0.6 is 0 Å². The minimum Gasteiger partial charge on any atom is -0.392 e. The van der Waals surface area contributed by atoms with E-state index in [-0.39, 0.29) is 23.5 Å². The molecule has 2 rings (SSSR count). The van der Waals surface area contributed by atoms with Gasteiger partial charge in [-0.3, -0.25) is 4.79 Å².